The molecular formula is C15H19NO2S. The molecule has 1 aliphatic carbocycles. The first-order chi connectivity index (χ1) is 9.24. The van der Waals surface area contributed by atoms with E-state index in [1.165, 1.54) is 11.1 Å². The Bertz CT molecular complexity index is 477. The summed E-state index contributed by atoms with van der Waals surface area (Å²) in [5.41, 5.74) is 2.93. The minimum absolute atomic E-state index is 0.212. The molecule has 0 bridgehead atoms. The zero-order valence-electron chi connectivity index (χ0n) is 10.9. The number of nitrogens with zero attached hydrogens (tertiary/aromatic N) is 1. The molecule has 2 unspecified atom stereocenters. The van der Waals surface area contributed by atoms with Crippen LogP contribution in [0.25, 0.3) is 0 Å². The molecule has 0 aromatic heterocycles. The van der Waals surface area contributed by atoms with E-state index in [1.54, 1.807) is 0 Å². The Hall–Kier alpha value is -1.00. The molecule has 1 aromatic rings. The predicted molar refractivity (Wildman–Crippen MR) is 77.8 cm³/mol. The molecule has 2 atom stereocenters. The predicted octanol–water partition coefficient (Wildman–Crippen LogP) is 2.22. The summed E-state index contributed by atoms with van der Waals surface area (Å²) in [6, 6.07) is 8.83. The van der Waals surface area contributed by atoms with E-state index in [9.17, 15) is 4.79 Å². The van der Waals surface area contributed by atoms with Crippen molar-refractivity contribution in [3.8, 4) is 0 Å². The van der Waals surface area contributed by atoms with Gasteiger partial charge in [-0.15, -0.1) is 0 Å². The van der Waals surface area contributed by atoms with Crippen LogP contribution in [0.2, 0.25) is 0 Å². The molecule has 1 aromatic carbocycles. The highest BCUT2D eigenvalue weighted by Crippen LogP contribution is 2.36. The van der Waals surface area contributed by atoms with Gasteiger partial charge in [0.15, 0.2) is 0 Å². The Kier molecular flexibility index (Phi) is 3.80. The highest BCUT2D eigenvalue weighted by Gasteiger charge is 2.31. The van der Waals surface area contributed by atoms with Crippen LogP contribution in [0.3, 0.4) is 0 Å². The lowest BCUT2D eigenvalue weighted by atomic mass is 9.77. The maximum Gasteiger partial charge on any atom is 0.304 e. The Morgan fingerprint density at radius 3 is 3.05 bits per heavy atom. The van der Waals surface area contributed by atoms with Gasteiger partial charge in [0.2, 0.25) is 0 Å². The molecule has 3 rings (SSSR count). The minimum atomic E-state index is -0.675. The van der Waals surface area contributed by atoms with E-state index < -0.39 is 5.97 Å². The topological polar surface area (TPSA) is 40.5 Å². The number of hydrogen-bond acceptors (Lipinski definition) is 3. The summed E-state index contributed by atoms with van der Waals surface area (Å²) in [5, 5.41) is 9.01. The van der Waals surface area contributed by atoms with Gasteiger partial charge in [-0.25, -0.2) is 0 Å². The average molecular weight is 277 g/mol. The summed E-state index contributed by atoms with van der Waals surface area (Å²) in [6.45, 7) is 2.05. The van der Waals surface area contributed by atoms with Crippen molar-refractivity contribution in [3.05, 3.63) is 35.4 Å². The Morgan fingerprint density at radius 1 is 1.42 bits per heavy atom. The Labute approximate surface area is 118 Å². The molecule has 1 fully saturated rings. The second kappa shape index (κ2) is 5.55. The molecule has 4 heteroatoms. The van der Waals surface area contributed by atoms with Gasteiger partial charge < -0.3 is 5.11 Å². The van der Waals surface area contributed by atoms with Crippen molar-refractivity contribution >= 4 is 17.7 Å². The summed E-state index contributed by atoms with van der Waals surface area (Å²) in [5.74, 6) is 2.02. The van der Waals surface area contributed by atoms with Crippen molar-refractivity contribution in [2.24, 2.45) is 0 Å². The molecule has 2 aliphatic rings. The van der Waals surface area contributed by atoms with Gasteiger partial charge in [0.1, 0.15) is 0 Å². The molecule has 102 valence electrons. The van der Waals surface area contributed by atoms with E-state index in [4.69, 9.17) is 5.11 Å². The van der Waals surface area contributed by atoms with Gasteiger partial charge in [0.25, 0.3) is 0 Å². The lowest BCUT2D eigenvalue weighted by Gasteiger charge is -2.40. The van der Waals surface area contributed by atoms with Gasteiger partial charge in [-0.1, -0.05) is 24.3 Å². The number of hydrogen-bond donors (Lipinski definition) is 1. The van der Waals surface area contributed by atoms with E-state index in [1.807, 2.05) is 11.8 Å². The molecule has 1 saturated heterocycles. The van der Waals surface area contributed by atoms with Crippen LogP contribution in [-0.4, -0.2) is 46.6 Å². The first-order valence-corrected chi connectivity index (χ1v) is 8.01. The van der Waals surface area contributed by atoms with Crippen molar-refractivity contribution in [3.63, 3.8) is 0 Å². The summed E-state index contributed by atoms with van der Waals surface area (Å²) in [7, 11) is 0. The highest BCUT2D eigenvalue weighted by atomic mass is 32.2. The third kappa shape index (κ3) is 2.79. The van der Waals surface area contributed by atoms with Crippen LogP contribution in [0.4, 0.5) is 0 Å². The smallest absolute Gasteiger partial charge is 0.304 e. The maximum atomic E-state index is 10.9. The fourth-order valence-electron chi connectivity index (χ4n) is 3.13. The van der Waals surface area contributed by atoms with Gasteiger partial charge in [-0.05, 0) is 17.5 Å². The number of carboxylic acids is 1. The SMILES string of the molecule is O=C(O)CC1CSCCN1CC1Cc2ccccc21. The highest BCUT2D eigenvalue weighted by molar-refractivity contribution is 7.99. The van der Waals surface area contributed by atoms with Crippen LogP contribution in [0.15, 0.2) is 24.3 Å². The van der Waals surface area contributed by atoms with Crippen LogP contribution < -0.4 is 0 Å². The fraction of sp³-hybridized carbons (Fsp3) is 0.533. The van der Waals surface area contributed by atoms with Gasteiger partial charge >= 0.3 is 5.97 Å². The number of thioether (sulfide) groups is 1. The Morgan fingerprint density at radius 2 is 2.26 bits per heavy atom. The van der Waals surface area contributed by atoms with E-state index >= 15 is 0 Å². The molecule has 1 N–H and O–H groups in total. The number of carbonyl (C=O) groups is 1. The van der Waals surface area contributed by atoms with E-state index in [2.05, 4.69) is 29.2 Å². The van der Waals surface area contributed by atoms with Crippen molar-refractivity contribution in [1.29, 1.82) is 0 Å². The second-order valence-corrected chi connectivity index (χ2v) is 6.57. The first-order valence-electron chi connectivity index (χ1n) is 6.85. The zero-order valence-corrected chi connectivity index (χ0v) is 11.7. The van der Waals surface area contributed by atoms with Crippen LogP contribution in [-0.2, 0) is 11.2 Å². The van der Waals surface area contributed by atoms with Crippen molar-refractivity contribution in [2.45, 2.75) is 24.8 Å². The molecular weight excluding hydrogens is 258 g/mol. The van der Waals surface area contributed by atoms with Crippen molar-refractivity contribution in [1.82, 2.24) is 4.90 Å². The lowest BCUT2D eigenvalue weighted by Crippen LogP contribution is -2.46. The normalized spacial score (nSPS) is 26.5. The van der Waals surface area contributed by atoms with E-state index in [0.29, 0.717) is 5.92 Å². The standard InChI is InChI=1S/C15H19NO2S/c17-15(18)8-13-10-19-6-5-16(13)9-12-7-11-3-1-2-4-14(11)12/h1-4,12-13H,5-10H2,(H,17,18). The minimum Gasteiger partial charge on any atom is -0.481 e. The monoisotopic (exact) mass is 277 g/mol. The van der Waals surface area contributed by atoms with Gasteiger partial charge in [-0.3, -0.25) is 9.69 Å². The molecule has 0 radical (unpaired) electrons. The van der Waals surface area contributed by atoms with E-state index in [-0.39, 0.29) is 12.5 Å². The average Bonchev–Trinajstić information content (AvgIpc) is 2.37. The molecule has 1 heterocycles. The summed E-state index contributed by atoms with van der Waals surface area (Å²) in [4.78, 5) is 13.3. The quantitative estimate of drug-likeness (QED) is 0.916. The van der Waals surface area contributed by atoms with Crippen molar-refractivity contribution < 1.29 is 9.90 Å². The van der Waals surface area contributed by atoms with Gasteiger partial charge in [0, 0.05) is 36.6 Å². The Balaban J connectivity index is 1.64. The maximum absolute atomic E-state index is 10.9. The molecule has 0 spiro atoms. The van der Waals surface area contributed by atoms with Gasteiger partial charge in [0.05, 0.1) is 6.42 Å². The summed E-state index contributed by atoms with van der Waals surface area (Å²) >= 11 is 1.88. The summed E-state index contributed by atoms with van der Waals surface area (Å²) in [6.07, 6.45) is 1.43. The molecule has 3 nitrogen and oxygen atoms in total. The van der Waals surface area contributed by atoms with Gasteiger partial charge in [-0.2, -0.15) is 11.8 Å². The molecule has 0 saturated carbocycles. The second-order valence-electron chi connectivity index (χ2n) is 5.42. The van der Waals surface area contributed by atoms with Crippen molar-refractivity contribution in [2.75, 3.05) is 24.6 Å². The lowest BCUT2D eigenvalue weighted by molar-refractivity contribution is -0.138. The largest absolute Gasteiger partial charge is 0.481 e. The van der Waals surface area contributed by atoms with Crippen LogP contribution in [0, 0.1) is 0 Å². The molecule has 0 amide bonds. The molecule has 1 aliphatic heterocycles. The van der Waals surface area contributed by atoms with Crippen LogP contribution >= 0.6 is 11.8 Å². The fourth-order valence-corrected chi connectivity index (χ4v) is 4.26. The third-order valence-corrected chi connectivity index (χ3v) is 5.27. The number of carboxylic acid groups (broad SMARTS) is 1. The number of rotatable bonds is 4. The third-order valence-electron chi connectivity index (χ3n) is 4.18. The summed E-state index contributed by atoms with van der Waals surface area (Å²) < 4.78 is 0. The first kappa shape index (κ1) is 13.0. The zero-order chi connectivity index (χ0) is 13.2. The number of aliphatic carboxylic acids is 1. The van der Waals surface area contributed by atoms with Crippen LogP contribution in [0.5, 0.6) is 0 Å². The number of benzene rings is 1. The number of fused-ring (bicyclic) bond motifs is 1. The van der Waals surface area contributed by atoms with E-state index in [0.717, 1.165) is 31.0 Å². The molecule has 19 heavy (non-hydrogen) atoms. The van der Waals surface area contributed by atoms with Crippen LogP contribution in [0.1, 0.15) is 23.5 Å².